The van der Waals surface area contributed by atoms with E-state index in [2.05, 4.69) is 11.9 Å². The van der Waals surface area contributed by atoms with Crippen molar-refractivity contribution < 1.29 is 13.9 Å². The lowest BCUT2D eigenvalue weighted by Crippen LogP contribution is -2.31. The molecule has 0 unspecified atom stereocenters. The van der Waals surface area contributed by atoms with E-state index in [1.807, 2.05) is 30.3 Å². The number of ether oxygens (including phenoxy) is 1. The number of amides is 1. The second kappa shape index (κ2) is 7.86. The van der Waals surface area contributed by atoms with Gasteiger partial charge in [0.2, 0.25) is 0 Å². The summed E-state index contributed by atoms with van der Waals surface area (Å²) in [4.78, 5) is 12.1. The number of rotatable bonds is 8. The van der Waals surface area contributed by atoms with E-state index in [0.29, 0.717) is 24.0 Å². The average Bonchev–Trinajstić information content (AvgIpc) is 3.02. The zero-order chi connectivity index (χ0) is 16.8. The van der Waals surface area contributed by atoms with Crippen LogP contribution in [0.2, 0.25) is 0 Å². The molecule has 126 valence electrons. The zero-order valence-electron chi connectivity index (χ0n) is 13.8. The number of benzene rings is 1. The van der Waals surface area contributed by atoms with Crippen LogP contribution < -0.4 is 10.1 Å². The predicted molar refractivity (Wildman–Crippen MR) is 93.1 cm³/mol. The number of carbonyl (C=O) groups excluding carboxylic acids is 1. The Bertz CT molecular complexity index is 700. The fourth-order valence-corrected chi connectivity index (χ4v) is 2.72. The van der Waals surface area contributed by atoms with Crippen LogP contribution in [0, 0.1) is 5.92 Å². The number of carbonyl (C=O) groups is 1. The fourth-order valence-electron chi connectivity index (χ4n) is 2.72. The molecular weight excluding hydrogens is 302 g/mol. The van der Waals surface area contributed by atoms with Crippen LogP contribution in [0.1, 0.15) is 41.1 Å². The van der Waals surface area contributed by atoms with E-state index in [0.717, 1.165) is 24.3 Å². The molecule has 1 heterocycles. The quantitative estimate of drug-likeness (QED) is 0.743. The summed E-state index contributed by atoms with van der Waals surface area (Å²) in [5.41, 5.74) is 1.08. The fraction of sp³-hybridized carbons (Fsp3) is 0.350. The van der Waals surface area contributed by atoms with Gasteiger partial charge in [-0.25, -0.2) is 0 Å². The van der Waals surface area contributed by atoms with Gasteiger partial charge in [0.25, 0.3) is 5.91 Å². The Morgan fingerprint density at radius 2 is 2.12 bits per heavy atom. The molecule has 1 aromatic heterocycles. The van der Waals surface area contributed by atoms with Gasteiger partial charge in [-0.15, -0.1) is 6.58 Å². The number of hydrogen-bond acceptors (Lipinski definition) is 3. The molecule has 4 nitrogen and oxygen atoms in total. The van der Waals surface area contributed by atoms with E-state index in [9.17, 15) is 4.79 Å². The Hall–Kier alpha value is -2.49. The van der Waals surface area contributed by atoms with E-state index >= 15 is 0 Å². The minimum absolute atomic E-state index is 0.153. The van der Waals surface area contributed by atoms with Gasteiger partial charge in [-0.3, -0.25) is 4.79 Å². The average molecular weight is 325 g/mol. The molecule has 1 aliphatic rings. The molecule has 3 rings (SSSR count). The Morgan fingerprint density at radius 3 is 2.88 bits per heavy atom. The SMILES string of the molecule is C=CCc1ccccc1OCc1ccc(C(=O)NCC2CCC2)o1. The van der Waals surface area contributed by atoms with Crippen LogP contribution in [-0.2, 0) is 13.0 Å². The Morgan fingerprint density at radius 1 is 1.29 bits per heavy atom. The van der Waals surface area contributed by atoms with Crippen molar-refractivity contribution in [2.45, 2.75) is 32.3 Å². The third-order valence-corrected chi connectivity index (χ3v) is 4.37. The van der Waals surface area contributed by atoms with Crippen LogP contribution in [0.3, 0.4) is 0 Å². The first-order valence-electron chi connectivity index (χ1n) is 8.45. The highest BCUT2D eigenvalue weighted by Crippen LogP contribution is 2.25. The van der Waals surface area contributed by atoms with Crippen LogP contribution >= 0.6 is 0 Å². The van der Waals surface area contributed by atoms with E-state index in [1.54, 1.807) is 12.1 Å². The molecule has 2 aromatic rings. The van der Waals surface area contributed by atoms with E-state index in [1.165, 1.54) is 19.3 Å². The van der Waals surface area contributed by atoms with Crippen molar-refractivity contribution in [3.8, 4) is 5.75 Å². The van der Waals surface area contributed by atoms with E-state index in [4.69, 9.17) is 9.15 Å². The highest BCUT2D eigenvalue weighted by atomic mass is 16.5. The van der Waals surface area contributed by atoms with Crippen molar-refractivity contribution in [3.05, 3.63) is 66.1 Å². The van der Waals surface area contributed by atoms with Crippen molar-refractivity contribution in [2.24, 2.45) is 5.92 Å². The maximum atomic E-state index is 12.1. The van der Waals surface area contributed by atoms with E-state index < -0.39 is 0 Å². The van der Waals surface area contributed by atoms with Crippen LogP contribution in [0.4, 0.5) is 0 Å². The van der Waals surface area contributed by atoms with Gasteiger partial charge in [-0.2, -0.15) is 0 Å². The summed E-state index contributed by atoms with van der Waals surface area (Å²) >= 11 is 0. The lowest BCUT2D eigenvalue weighted by atomic mass is 9.85. The minimum Gasteiger partial charge on any atom is -0.485 e. The topological polar surface area (TPSA) is 51.5 Å². The third-order valence-electron chi connectivity index (χ3n) is 4.37. The number of hydrogen-bond donors (Lipinski definition) is 1. The maximum absolute atomic E-state index is 12.1. The van der Waals surface area contributed by atoms with Gasteiger partial charge in [0.15, 0.2) is 5.76 Å². The molecule has 0 radical (unpaired) electrons. The molecule has 0 atom stereocenters. The molecule has 1 aromatic carbocycles. The van der Waals surface area contributed by atoms with Crippen LogP contribution in [0.5, 0.6) is 5.75 Å². The standard InChI is InChI=1S/C20H23NO3/c1-2-6-16-9-3-4-10-18(16)23-14-17-11-12-19(24-17)20(22)21-13-15-7-5-8-15/h2-4,9-12,15H,1,5-8,13-14H2,(H,21,22). The molecule has 1 aliphatic carbocycles. The molecule has 1 amide bonds. The van der Waals surface area contributed by atoms with Crippen LogP contribution in [0.25, 0.3) is 0 Å². The Balaban J connectivity index is 1.54. The van der Waals surface area contributed by atoms with Gasteiger partial charge in [0, 0.05) is 6.54 Å². The summed E-state index contributed by atoms with van der Waals surface area (Å²) in [7, 11) is 0. The van der Waals surface area contributed by atoms with Gasteiger partial charge < -0.3 is 14.5 Å². The third kappa shape index (κ3) is 4.07. The Labute approximate surface area is 142 Å². The van der Waals surface area contributed by atoms with Gasteiger partial charge in [-0.05, 0) is 48.9 Å². The monoisotopic (exact) mass is 325 g/mol. The molecule has 1 N–H and O–H groups in total. The summed E-state index contributed by atoms with van der Waals surface area (Å²) in [6, 6.07) is 11.3. The van der Waals surface area contributed by atoms with Gasteiger partial charge in [0.1, 0.15) is 18.1 Å². The molecule has 0 aliphatic heterocycles. The maximum Gasteiger partial charge on any atom is 0.287 e. The second-order valence-electron chi connectivity index (χ2n) is 6.16. The molecule has 0 saturated heterocycles. The second-order valence-corrected chi connectivity index (χ2v) is 6.16. The summed E-state index contributed by atoms with van der Waals surface area (Å²) in [6.45, 7) is 4.79. The van der Waals surface area contributed by atoms with Gasteiger partial charge in [-0.1, -0.05) is 30.7 Å². The smallest absolute Gasteiger partial charge is 0.287 e. The number of nitrogens with one attached hydrogen (secondary N) is 1. The molecule has 0 spiro atoms. The molecular formula is C20H23NO3. The summed E-state index contributed by atoms with van der Waals surface area (Å²) in [5.74, 6) is 2.27. The van der Waals surface area contributed by atoms with Gasteiger partial charge >= 0.3 is 0 Å². The molecule has 24 heavy (non-hydrogen) atoms. The molecule has 1 saturated carbocycles. The highest BCUT2D eigenvalue weighted by molar-refractivity contribution is 5.91. The predicted octanol–water partition coefficient (Wildman–Crippen LogP) is 4.12. The first kappa shape index (κ1) is 16.4. The number of allylic oxidation sites excluding steroid dienone is 1. The summed E-state index contributed by atoms with van der Waals surface area (Å²) in [6.07, 6.45) is 6.29. The number of para-hydroxylation sites is 1. The molecule has 4 heteroatoms. The lowest BCUT2D eigenvalue weighted by molar-refractivity contribution is 0.0907. The van der Waals surface area contributed by atoms with Crippen molar-refractivity contribution in [1.82, 2.24) is 5.32 Å². The van der Waals surface area contributed by atoms with E-state index in [-0.39, 0.29) is 5.91 Å². The molecule has 1 fully saturated rings. The largest absolute Gasteiger partial charge is 0.485 e. The lowest BCUT2D eigenvalue weighted by Gasteiger charge is -2.25. The highest BCUT2D eigenvalue weighted by Gasteiger charge is 2.19. The van der Waals surface area contributed by atoms with Crippen molar-refractivity contribution >= 4 is 5.91 Å². The van der Waals surface area contributed by atoms with Gasteiger partial charge in [0.05, 0.1) is 0 Å². The first-order valence-corrected chi connectivity index (χ1v) is 8.45. The Kier molecular flexibility index (Phi) is 5.36. The summed E-state index contributed by atoms with van der Waals surface area (Å²) in [5, 5.41) is 2.93. The first-order chi connectivity index (χ1) is 11.8. The van der Waals surface area contributed by atoms with Crippen molar-refractivity contribution in [3.63, 3.8) is 0 Å². The van der Waals surface area contributed by atoms with Crippen LogP contribution in [-0.4, -0.2) is 12.5 Å². The minimum atomic E-state index is -0.153. The number of furan rings is 1. The van der Waals surface area contributed by atoms with Crippen molar-refractivity contribution in [2.75, 3.05) is 6.54 Å². The van der Waals surface area contributed by atoms with Crippen LogP contribution in [0.15, 0.2) is 53.5 Å². The van der Waals surface area contributed by atoms with Crippen molar-refractivity contribution in [1.29, 1.82) is 0 Å². The zero-order valence-corrected chi connectivity index (χ0v) is 13.8. The molecule has 0 bridgehead atoms. The summed E-state index contributed by atoms with van der Waals surface area (Å²) < 4.78 is 11.4. The normalized spacial score (nSPS) is 14.0.